The van der Waals surface area contributed by atoms with E-state index in [-0.39, 0.29) is 11.9 Å². The van der Waals surface area contributed by atoms with Gasteiger partial charge in [-0.05, 0) is 32.4 Å². The van der Waals surface area contributed by atoms with Gasteiger partial charge in [-0.3, -0.25) is 4.79 Å². The summed E-state index contributed by atoms with van der Waals surface area (Å²) in [7, 11) is 0. The topological polar surface area (TPSA) is 55.1 Å². The fourth-order valence-electron chi connectivity index (χ4n) is 1.40. The predicted molar refractivity (Wildman–Crippen MR) is 72.7 cm³/mol. The smallest absolute Gasteiger partial charge is 0.238 e. The minimum absolute atomic E-state index is 0.265. The van der Waals surface area contributed by atoms with E-state index in [2.05, 4.69) is 19.2 Å². The van der Waals surface area contributed by atoms with Gasteiger partial charge in [-0.1, -0.05) is 20.3 Å². The third kappa shape index (κ3) is 5.75. The fraction of sp³-hybridized carbons (Fsp3) is 0.917. The molecule has 2 unspecified atom stereocenters. The molecule has 0 saturated carbocycles. The molecule has 2 atom stereocenters. The van der Waals surface area contributed by atoms with Crippen LogP contribution in [0.3, 0.4) is 0 Å². The lowest BCUT2D eigenvalue weighted by molar-refractivity contribution is -0.123. The van der Waals surface area contributed by atoms with Crippen molar-refractivity contribution in [3.63, 3.8) is 0 Å². The summed E-state index contributed by atoms with van der Waals surface area (Å²) in [5, 5.41) is 3.25. The van der Waals surface area contributed by atoms with Crippen molar-refractivity contribution in [2.75, 3.05) is 11.5 Å². The maximum Gasteiger partial charge on any atom is 0.238 e. The Labute approximate surface area is 104 Å². The van der Waals surface area contributed by atoms with Crippen LogP contribution in [0.4, 0.5) is 0 Å². The van der Waals surface area contributed by atoms with Gasteiger partial charge < -0.3 is 11.1 Å². The molecule has 4 heteroatoms. The van der Waals surface area contributed by atoms with Crippen molar-refractivity contribution >= 4 is 17.7 Å². The summed E-state index contributed by atoms with van der Waals surface area (Å²) < 4.78 is 0. The average Bonchev–Trinajstić information content (AvgIpc) is 2.16. The Kier molecular flexibility index (Phi) is 7.07. The number of hydrogen-bond donors (Lipinski definition) is 2. The van der Waals surface area contributed by atoms with Gasteiger partial charge >= 0.3 is 0 Å². The van der Waals surface area contributed by atoms with Gasteiger partial charge in [0, 0.05) is 11.8 Å². The predicted octanol–water partition coefficient (Wildman–Crippen LogP) is 2.01. The summed E-state index contributed by atoms with van der Waals surface area (Å²) in [5.74, 6) is 2.25. The number of carbonyl (C=O) groups is 1. The van der Waals surface area contributed by atoms with Crippen molar-refractivity contribution in [1.29, 1.82) is 0 Å². The highest BCUT2D eigenvalue weighted by Gasteiger charge is 2.31. The number of amides is 1. The molecule has 0 spiro atoms. The molecular formula is C12H26N2OS. The van der Waals surface area contributed by atoms with Crippen LogP contribution in [-0.2, 0) is 4.79 Å². The van der Waals surface area contributed by atoms with Crippen molar-refractivity contribution in [3.8, 4) is 0 Å². The van der Waals surface area contributed by atoms with Crippen molar-refractivity contribution in [2.45, 2.75) is 52.6 Å². The monoisotopic (exact) mass is 246 g/mol. The van der Waals surface area contributed by atoms with Crippen LogP contribution in [0.15, 0.2) is 0 Å². The summed E-state index contributed by atoms with van der Waals surface area (Å²) in [6.07, 6.45) is 1.18. The SMILES string of the molecule is CCC(C)CSCC(C)(NC(C)C)C(N)=O. The number of rotatable bonds is 8. The Morgan fingerprint density at radius 3 is 2.38 bits per heavy atom. The molecule has 3 N–H and O–H groups in total. The van der Waals surface area contributed by atoms with E-state index in [1.807, 2.05) is 20.8 Å². The normalized spacial score (nSPS) is 17.1. The fourth-order valence-corrected chi connectivity index (χ4v) is 2.79. The van der Waals surface area contributed by atoms with Gasteiger partial charge in [-0.25, -0.2) is 0 Å². The van der Waals surface area contributed by atoms with Gasteiger partial charge in [-0.15, -0.1) is 0 Å². The van der Waals surface area contributed by atoms with Crippen molar-refractivity contribution < 1.29 is 4.79 Å². The Bertz CT molecular complexity index is 221. The third-order valence-corrected chi connectivity index (χ3v) is 4.23. The zero-order valence-corrected chi connectivity index (χ0v) is 12.0. The lowest BCUT2D eigenvalue weighted by Crippen LogP contribution is -2.57. The largest absolute Gasteiger partial charge is 0.368 e. The van der Waals surface area contributed by atoms with E-state index in [0.29, 0.717) is 5.92 Å². The molecular weight excluding hydrogens is 220 g/mol. The molecule has 0 aliphatic rings. The second kappa shape index (κ2) is 7.17. The zero-order chi connectivity index (χ0) is 12.8. The van der Waals surface area contributed by atoms with Gasteiger partial charge in [0.2, 0.25) is 5.91 Å². The third-order valence-electron chi connectivity index (χ3n) is 2.64. The van der Waals surface area contributed by atoms with Gasteiger partial charge in [0.1, 0.15) is 5.54 Å². The average molecular weight is 246 g/mol. The quantitative estimate of drug-likeness (QED) is 0.689. The maximum absolute atomic E-state index is 11.4. The molecule has 0 fully saturated rings. The van der Waals surface area contributed by atoms with E-state index in [1.165, 1.54) is 6.42 Å². The highest BCUT2D eigenvalue weighted by Crippen LogP contribution is 2.18. The lowest BCUT2D eigenvalue weighted by atomic mass is 10.0. The van der Waals surface area contributed by atoms with Gasteiger partial charge in [0.25, 0.3) is 0 Å². The Hall–Kier alpha value is -0.220. The summed E-state index contributed by atoms with van der Waals surface area (Å²) in [4.78, 5) is 11.4. The molecule has 0 aromatic heterocycles. The molecule has 96 valence electrons. The van der Waals surface area contributed by atoms with Crippen LogP contribution in [-0.4, -0.2) is 29.0 Å². The minimum Gasteiger partial charge on any atom is -0.368 e. The summed E-state index contributed by atoms with van der Waals surface area (Å²) in [6, 6.07) is 0.265. The van der Waals surface area contributed by atoms with Crippen LogP contribution in [0.2, 0.25) is 0 Å². The molecule has 3 nitrogen and oxygen atoms in total. The molecule has 1 amide bonds. The van der Waals surface area contributed by atoms with Crippen molar-refractivity contribution in [3.05, 3.63) is 0 Å². The first-order chi connectivity index (χ1) is 7.31. The van der Waals surface area contributed by atoms with Crippen LogP contribution in [0.25, 0.3) is 0 Å². The molecule has 0 rings (SSSR count). The van der Waals surface area contributed by atoms with Crippen LogP contribution in [0, 0.1) is 5.92 Å². The molecule has 0 aliphatic carbocycles. The van der Waals surface area contributed by atoms with Gasteiger partial charge in [-0.2, -0.15) is 11.8 Å². The van der Waals surface area contributed by atoms with Gasteiger partial charge in [0.05, 0.1) is 0 Å². The van der Waals surface area contributed by atoms with Crippen LogP contribution in [0.1, 0.15) is 41.0 Å². The first-order valence-electron chi connectivity index (χ1n) is 5.97. The lowest BCUT2D eigenvalue weighted by Gasteiger charge is -2.29. The number of nitrogens with two attached hydrogens (primary N) is 1. The molecule has 0 heterocycles. The Morgan fingerprint density at radius 1 is 1.44 bits per heavy atom. The van der Waals surface area contributed by atoms with E-state index in [4.69, 9.17) is 5.73 Å². The molecule has 0 radical (unpaired) electrons. The van der Waals surface area contributed by atoms with Crippen LogP contribution in [0.5, 0.6) is 0 Å². The Morgan fingerprint density at radius 2 is 2.00 bits per heavy atom. The summed E-state index contributed by atoms with van der Waals surface area (Å²) >= 11 is 1.80. The first-order valence-corrected chi connectivity index (χ1v) is 7.12. The summed E-state index contributed by atoms with van der Waals surface area (Å²) in [5.41, 5.74) is 4.86. The van der Waals surface area contributed by atoms with Crippen LogP contribution < -0.4 is 11.1 Å². The first kappa shape index (κ1) is 15.8. The molecule has 0 bridgehead atoms. The zero-order valence-electron chi connectivity index (χ0n) is 11.2. The highest BCUT2D eigenvalue weighted by molar-refractivity contribution is 7.99. The van der Waals surface area contributed by atoms with E-state index < -0.39 is 5.54 Å². The minimum atomic E-state index is -0.591. The van der Waals surface area contributed by atoms with E-state index in [1.54, 1.807) is 11.8 Å². The Balaban J connectivity index is 4.18. The second-order valence-corrected chi connectivity index (χ2v) is 6.05. The number of thioether (sulfide) groups is 1. The molecule has 0 aromatic carbocycles. The van der Waals surface area contributed by atoms with Crippen molar-refractivity contribution in [2.24, 2.45) is 11.7 Å². The molecule has 0 saturated heterocycles. The van der Waals surface area contributed by atoms with Crippen LogP contribution >= 0.6 is 11.8 Å². The maximum atomic E-state index is 11.4. The van der Waals surface area contributed by atoms with E-state index in [9.17, 15) is 4.79 Å². The number of carbonyl (C=O) groups excluding carboxylic acids is 1. The van der Waals surface area contributed by atoms with Crippen molar-refractivity contribution in [1.82, 2.24) is 5.32 Å². The second-order valence-electron chi connectivity index (χ2n) is 5.02. The summed E-state index contributed by atoms with van der Waals surface area (Å²) in [6.45, 7) is 10.4. The highest BCUT2D eigenvalue weighted by atomic mass is 32.2. The number of nitrogens with one attached hydrogen (secondary N) is 1. The number of hydrogen-bond acceptors (Lipinski definition) is 3. The molecule has 0 aliphatic heterocycles. The molecule has 0 aromatic rings. The van der Waals surface area contributed by atoms with E-state index >= 15 is 0 Å². The van der Waals surface area contributed by atoms with E-state index in [0.717, 1.165) is 11.5 Å². The van der Waals surface area contributed by atoms with Gasteiger partial charge in [0.15, 0.2) is 0 Å². The standard InChI is InChI=1S/C12H26N2OS/c1-6-10(4)7-16-8-12(5,11(13)15)14-9(2)3/h9-10,14H,6-8H2,1-5H3,(H2,13,15). The molecule has 16 heavy (non-hydrogen) atoms. The number of primary amides is 1.